The minimum absolute atomic E-state index is 0.0163. The summed E-state index contributed by atoms with van der Waals surface area (Å²) in [5, 5.41) is 3.24. The maximum Gasteiger partial charge on any atom is 0.248 e. The number of amides is 1. The fourth-order valence-corrected chi connectivity index (χ4v) is 1.56. The molecular formula is C11H22N2O3. The average Bonchev–Trinajstić information content (AvgIpc) is 2.30. The third-order valence-electron chi connectivity index (χ3n) is 2.48. The van der Waals surface area contributed by atoms with Crippen molar-refractivity contribution in [1.29, 1.82) is 0 Å². The Labute approximate surface area is 97.1 Å². The molecule has 16 heavy (non-hydrogen) atoms. The molecule has 0 aromatic heterocycles. The Kier molecular flexibility index (Phi) is 6.37. The topological polar surface area (TPSA) is 50.8 Å². The van der Waals surface area contributed by atoms with Crippen LogP contribution >= 0.6 is 0 Å². The molecule has 1 aliphatic heterocycles. The maximum absolute atomic E-state index is 11.6. The smallest absolute Gasteiger partial charge is 0.248 e. The van der Waals surface area contributed by atoms with Crippen molar-refractivity contribution < 1.29 is 14.3 Å². The monoisotopic (exact) mass is 230 g/mol. The van der Waals surface area contributed by atoms with Crippen LogP contribution in [0.4, 0.5) is 0 Å². The molecule has 0 aromatic carbocycles. The molecule has 1 fully saturated rings. The lowest BCUT2D eigenvalue weighted by Gasteiger charge is -2.28. The van der Waals surface area contributed by atoms with E-state index < -0.39 is 0 Å². The first-order chi connectivity index (χ1) is 7.74. The lowest BCUT2D eigenvalue weighted by Crippen LogP contribution is -2.46. The molecule has 0 aromatic rings. The predicted octanol–water partition coefficient (Wildman–Crippen LogP) is -0.140. The van der Waals surface area contributed by atoms with E-state index in [4.69, 9.17) is 9.47 Å². The number of hydrogen-bond acceptors (Lipinski definition) is 4. The first-order valence-electron chi connectivity index (χ1n) is 5.88. The van der Waals surface area contributed by atoms with Crippen LogP contribution in [-0.2, 0) is 14.3 Å². The Hall–Kier alpha value is -0.650. The Balaban J connectivity index is 2.16. The van der Waals surface area contributed by atoms with E-state index in [-0.39, 0.29) is 18.6 Å². The summed E-state index contributed by atoms with van der Waals surface area (Å²) in [5.41, 5.74) is 0. The number of ether oxygens (including phenoxy) is 2. The van der Waals surface area contributed by atoms with Crippen LogP contribution in [0.2, 0.25) is 0 Å². The SMILES string of the molecule is CCCOCC(=O)N(C)CC1CNCCO1. The first kappa shape index (κ1) is 13.4. The van der Waals surface area contributed by atoms with E-state index in [1.807, 2.05) is 6.92 Å². The molecule has 0 radical (unpaired) electrons. The summed E-state index contributed by atoms with van der Waals surface area (Å²) < 4.78 is 10.7. The summed E-state index contributed by atoms with van der Waals surface area (Å²) >= 11 is 0. The van der Waals surface area contributed by atoms with Crippen LogP contribution < -0.4 is 5.32 Å². The van der Waals surface area contributed by atoms with E-state index in [0.29, 0.717) is 13.2 Å². The molecule has 0 saturated carbocycles. The fourth-order valence-electron chi connectivity index (χ4n) is 1.56. The predicted molar refractivity (Wildman–Crippen MR) is 61.4 cm³/mol. The van der Waals surface area contributed by atoms with Gasteiger partial charge >= 0.3 is 0 Å². The number of carbonyl (C=O) groups excluding carboxylic acids is 1. The van der Waals surface area contributed by atoms with Crippen LogP contribution in [0.5, 0.6) is 0 Å². The van der Waals surface area contributed by atoms with Gasteiger partial charge < -0.3 is 19.7 Å². The number of nitrogens with zero attached hydrogens (tertiary/aromatic N) is 1. The van der Waals surface area contributed by atoms with E-state index in [9.17, 15) is 4.79 Å². The first-order valence-corrected chi connectivity index (χ1v) is 5.88. The molecule has 0 bridgehead atoms. The van der Waals surface area contributed by atoms with Gasteiger partial charge in [0.2, 0.25) is 5.91 Å². The quantitative estimate of drug-likeness (QED) is 0.645. The highest BCUT2D eigenvalue weighted by Gasteiger charge is 2.18. The third-order valence-corrected chi connectivity index (χ3v) is 2.48. The van der Waals surface area contributed by atoms with Crippen molar-refractivity contribution in [3.63, 3.8) is 0 Å². The van der Waals surface area contributed by atoms with Crippen molar-refractivity contribution in [2.75, 3.05) is 46.5 Å². The fraction of sp³-hybridized carbons (Fsp3) is 0.909. The highest BCUT2D eigenvalue weighted by atomic mass is 16.5. The number of carbonyl (C=O) groups is 1. The molecule has 1 rings (SSSR count). The highest BCUT2D eigenvalue weighted by Crippen LogP contribution is 1.99. The molecule has 1 saturated heterocycles. The Bertz CT molecular complexity index is 205. The number of nitrogens with one attached hydrogen (secondary N) is 1. The van der Waals surface area contributed by atoms with E-state index >= 15 is 0 Å². The second-order valence-electron chi connectivity index (χ2n) is 4.02. The van der Waals surface area contributed by atoms with Gasteiger partial charge in [0.15, 0.2) is 0 Å². The Morgan fingerprint density at radius 1 is 1.62 bits per heavy atom. The van der Waals surface area contributed by atoms with E-state index in [0.717, 1.165) is 26.1 Å². The van der Waals surface area contributed by atoms with Gasteiger partial charge in [-0.1, -0.05) is 6.92 Å². The van der Waals surface area contributed by atoms with Gasteiger partial charge in [0, 0.05) is 33.3 Å². The van der Waals surface area contributed by atoms with Crippen molar-refractivity contribution in [2.45, 2.75) is 19.4 Å². The van der Waals surface area contributed by atoms with Gasteiger partial charge in [-0.15, -0.1) is 0 Å². The maximum atomic E-state index is 11.6. The van der Waals surface area contributed by atoms with Gasteiger partial charge in [0.05, 0.1) is 12.7 Å². The molecule has 1 aliphatic rings. The second-order valence-corrected chi connectivity index (χ2v) is 4.02. The molecule has 1 unspecified atom stereocenters. The van der Waals surface area contributed by atoms with Gasteiger partial charge in [-0.3, -0.25) is 4.79 Å². The van der Waals surface area contributed by atoms with Crippen molar-refractivity contribution >= 4 is 5.91 Å². The van der Waals surface area contributed by atoms with Crippen LogP contribution in [0, 0.1) is 0 Å². The van der Waals surface area contributed by atoms with Crippen LogP contribution in [0.3, 0.4) is 0 Å². The summed E-state index contributed by atoms with van der Waals surface area (Å²) in [7, 11) is 1.79. The summed E-state index contributed by atoms with van der Waals surface area (Å²) in [5.74, 6) is 0.0163. The largest absolute Gasteiger partial charge is 0.374 e. The molecule has 1 atom stereocenters. The minimum atomic E-state index is 0.0163. The lowest BCUT2D eigenvalue weighted by atomic mass is 10.3. The van der Waals surface area contributed by atoms with E-state index in [1.54, 1.807) is 11.9 Å². The van der Waals surface area contributed by atoms with Crippen LogP contribution in [0.25, 0.3) is 0 Å². The third kappa shape index (κ3) is 4.92. The number of morpholine rings is 1. The zero-order valence-electron chi connectivity index (χ0n) is 10.2. The van der Waals surface area contributed by atoms with Crippen LogP contribution in [-0.4, -0.2) is 63.4 Å². The normalized spacial score (nSPS) is 20.8. The molecular weight excluding hydrogens is 208 g/mol. The van der Waals surface area contributed by atoms with E-state index in [1.165, 1.54) is 0 Å². The summed E-state index contributed by atoms with van der Waals surface area (Å²) in [6.45, 7) is 5.89. The Morgan fingerprint density at radius 2 is 2.44 bits per heavy atom. The molecule has 0 aliphatic carbocycles. The van der Waals surface area contributed by atoms with Crippen molar-refractivity contribution in [2.24, 2.45) is 0 Å². The summed E-state index contributed by atoms with van der Waals surface area (Å²) in [4.78, 5) is 13.3. The van der Waals surface area contributed by atoms with Gasteiger partial charge in [-0.2, -0.15) is 0 Å². The molecule has 1 N–H and O–H groups in total. The zero-order valence-corrected chi connectivity index (χ0v) is 10.2. The van der Waals surface area contributed by atoms with E-state index in [2.05, 4.69) is 5.32 Å². The number of hydrogen-bond donors (Lipinski definition) is 1. The molecule has 94 valence electrons. The highest BCUT2D eigenvalue weighted by molar-refractivity contribution is 5.77. The van der Waals surface area contributed by atoms with Gasteiger partial charge in [0.1, 0.15) is 6.61 Å². The number of rotatable bonds is 6. The van der Waals surface area contributed by atoms with Crippen LogP contribution in [0.1, 0.15) is 13.3 Å². The number of likely N-dealkylation sites (N-methyl/N-ethyl adjacent to an activating group) is 1. The van der Waals surface area contributed by atoms with Gasteiger partial charge in [-0.25, -0.2) is 0 Å². The average molecular weight is 230 g/mol. The van der Waals surface area contributed by atoms with Crippen LogP contribution in [0.15, 0.2) is 0 Å². The molecule has 1 amide bonds. The zero-order chi connectivity index (χ0) is 11.8. The summed E-state index contributed by atoms with van der Waals surface area (Å²) in [6, 6.07) is 0. The molecule has 5 heteroatoms. The van der Waals surface area contributed by atoms with Gasteiger partial charge in [-0.05, 0) is 6.42 Å². The van der Waals surface area contributed by atoms with Gasteiger partial charge in [0.25, 0.3) is 0 Å². The second kappa shape index (κ2) is 7.60. The summed E-state index contributed by atoms with van der Waals surface area (Å²) in [6.07, 6.45) is 1.04. The van der Waals surface area contributed by atoms with Crippen molar-refractivity contribution in [3.05, 3.63) is 0 Å². The lowest BCUT2D eigenvalue weighted by molar-refractivity contribution is -0.136. The standard InChI is InChI=1S/C11H22N2O3/c1-3-5-15-9-11(14)13(2)8-10-7-12-4-6-16-10/h10,12H,3-9H2,1-2H3. The molecule has 5 nitrogen and oxygen atoms in total. The van der Waals surface area contributed by atoms with Crippen molar-refractivity contribution in [3.8, 4) is 0 Å². The molecule has 0 spiro atoms. The minimum Gasteiger partial charge on any atom is -0.374 e. The van der Waals surface area contributed by atoms with Crippen molar-refractivity contribution in [1.82, 2.24) is 10.2 Å². The molecule has 1 heterocycles. The Morgan fingerprint density at radius 3 is 3.06 bits per heavy atom.